The molecule has 0 aromatic heterocycles. The second-order valence-electron chi connectivity index (χ2n) is 5.58. The minimum Gasteiger partial charge on any atom is -0.350 e. The Hall–Kier alpha value is -1.13. The van der Waals surface area contributed by atoms with E-state index in [1.54, 1.807) is 19.1 Å². The van der Waals surface area contributed by atoms with Crippen molar-refractivity contribution in [1.82, 2.24) is 10.6 Å². The van der Waals surface area contributed by atoms with Gasteiger partial charge in [-0.2, -0.15) is 0 Å². The zero-order valence-electron chi connectivity index (χ0n) is 12.4. The molecule has 1 unspecified atom stereocenters. The largest absolute Gasteiger partial charge is 0.350 e. The molecule has 20 heavy (non-hydrogen) atoms. The van der Waals surface area contributed by atoms with Crippen LogP contribution in [0.2, 0.25) is 5.02 Å². The topological polar surface area (TPSA) is 41.1 Å². The molecule has 0 aliphatic carbocycles. The van der Waals surface area contributed by atoms with Crippen LogP contribution in [-0.4, -0.2) is 17.5 Å². The molecule has 0 aliphatic rings. The molecule has 0 heterocycles. The summed E-state index contributed by atoms with van der Waals surface area (Å²) < 4.78 is 13.0. The number of hydrogen-bond donors (Lipinski definition) is 2. The predicted molar refractivity (Wildman–Crippen MR) is 80.2 cm³/mol. The Morgan fingerprint density at radius 2 is 2.10 bits per heavy atom. The minimum atomic E-state index is -0.439. The molecule has 3 nitrogen and oxygen atoms in total. The molecule has 0 saturated heterocycles. The van der Waals surface area contributed by atoms with Crippen molar-refractivity contribution in [2.24, 2.45) is 0 Å². The molecule has 0 radical (unpaired) electrons. The molecule has 0 aliphatic heterocycles. The van der Waals surface area contributed by atoms with Gasteiger partial charge >= 0.3 is 0 Å². The third-order valence-corrected chi connectivity index (χ3v) is 3.62. The Kier molecular flexibility index (Phi) is 5.96. The number of benzene rings is 1. The van der Waals surface area contributed by atoms with E-state index in [4.69, 9.17) is 11.6 Å². The van der Waals surface area contributed by atoms with Gasteiger partial charge in [-0.25, -0.2) is 4.39 Å². The monoisotopic (exact) mass is 300 g/mol. The first kappa shape index (κ1) is 16.9. The number of nitrogens with one attached hydrogen (secondary N) is 2. The summed E-state index contributed by atoms with van der Waals surface area (Å²) in [5.41, 5.74) is 0.623. The Balaban J connectivity index is 2.52. The molecule has 1 aromatic rings. The lowest BCUT2D eigenvalue weighted by Gasteiger charge is -2.26. The average molecular weight is 301 g/mol. The lowest BCUT2D eigenvalue weighted by Crippen LogP contribution is -2.50. The van der Waals surface area contributed by atoms with Gasteiger partial charge in [-0.1, -0.05) is 24.6 Å². The number of hydrogen-bond acceptors (Lipinski definition) is 2. The van der Waals surface area contributed by atoms with Crippen molar-refractivity contribution >= 4 is 17.5 Å². The summed E-state index contributed by atoms with van der Waals surface area (Å²) in [6, 6.07) is 4.20. The summed E-state index contributed by atoms with van der Waals surface area (Å²) in [6.45, 7) is 8.25. The fraction of sp³-hybridized carbons (Fsp3) is 0.533. The Labute approximate surface area is 124 Å². The van der Waals surface area contributed by atoms with E-state index in [0.29, 0.717) is 6.54 Å². The molecule has 0 spiro atoms. The van der Waals surface area contributed by atoms with E-state index in [0.717, 1.165) is 12.0 Å². The normalized spacial score (nSPS) is 13.1. The fourth-order valence-corrected chi connectivity index (χ4v) is 1.75. The van der Waals surface area contributed by atoms with Crippen LogP contribution in [0, 0.1) is 5.82 Å². The molecule has 112 valence electrons. The maximum atomic E-state index is 13.0. The van der Waals surface area contributed by atoms with Gasteiger partial charge in [0, 0.05) is 12.1 Å². The Morgan fingerprint density at radius 1 is 1.45 bits per heavy atom. The van der Waals surface area contributed by atoms with Gasteiger partial charge in [0.05, 0.1) is 11.1 Å². The molecular formula is C15H22ClFN2O. The van der Waals surface area contributed by atoms with E-state index in [1.165, 1.54) is 6.07 Å². The summed E-state index contributed by atoms with van der Waals surface area (Å²) in [4.78, 5) is 12.0. The summed E-state index contributed by atoms with van der Waals surface area (Å²) in [5, 5.41) is 6.17. The highest BCUT2D eigenvalue weighted by Gasteiger charge is 2.21. The SMILES string of the molecule is CCC(C)(C)NC(=O)C(C)NCc1ccc(F)c(Cl)c1. The second kappa shape index (κ2) is 7.04. The highest BCUT2D eigenvalue weighted by molar-refractivity contribution is 6.30. The molecule has 1 rings (SSSR count). The molecule has 0 saturated carbocycles. The van der Waals surface area contributed by atoms with E-state index in [2.05, 4.69) is 10.6 Å². The van der Waals surface area contributed by atoms with Crippen LogP contribution in [0.3, 0.4) is 0 Å². The predicted octanol–water partition coefficient (Wildman–Crippen LogP) is 3.26. The molecular weight excluding hydrogens is 279 g/mol. The summed E-state index contributed by atoms with van der Waals surface area (Å²) >= 11 is 5.72. The Bertz CT molecular complexity index is 477. The van der Waals surface area contributed by atoms with Crippen LogP contribution in [0.25, 0.3) is 0 Å². The van der Waals surface area contributed by atoms with Crippen LogP contribution in [0.5, 0.6) is 0 Å². The van der Waals surface area contributed by atoms with E-state index in [9.17, 15) is 9.18 Å². The summed E-state index contributed by atoms with van der Waals surface area (Å²) in [7, 11) is 0. The third-order valence-electron chi connectivity index (χ3n) is 3.34. The molecule has 1 atom stereocenters. The van der Waals surface area contributed by atoms with Crippen LogP contribution in [0.15, 0.2) is 18.2 Å². The van der Waals surface area contributed by atoms with Crippen LogP contribution in [-0.2, 0) is 11.3 Å². The first-order chi connectivity index (χ1) is 9.25. The number of carbonyl (C=O) groups is 1. The van der Waals surface area contributed by atoms with Crippen LogP contribution in [0.4, 0.5) is 4.39 Å². The van der Waals surface area contributed by atoms with Crippen LogP contribution >= 0.6 is 11.6 Å². The molecule has 0 bridgehead atoms. The van der Waals surface area contributed by atoms with E-state index in [1.807, 2.05) is 20.8 Å². The van der Waals surface area contributed by atoms with Crippen LogP contribution in [0.1, 0.15) is 39.7 Å². The lowest BCUT2D eigenvalue weighted by molar-refractivity contribution is -0.124. The molecule has 2 N–H and O–H groups in total. The number of halogens is 2. The van der Waals surface area contributed by atoms with Gasteiger partial charge in [0.1, 0.15) is 5.82 Å². The highest BCUT2D eigenvalue weighted by atomic mass is 35.5. The third kappa shape index (κ3) is 5.10. The minimum absolute atomic E-state index is 0.0509. The molecule has 1 amide bonds. The first-order valence-corrected chi connectivity index (χ1v) is 7.12. The van der Waals surface area contributed by atoms with Crippen molar-refractivity contribution in [3.05, 3.63) is 34.6 Å². The van der Waals surface area contributed by atoms with Gasteiger partial charge < -0.3 is 10.6 Å². The van der Waals surface area contributed by atoms with Crippen molar-refractivity contribution in [2.75, 3.05) is 0 Å². The van der Waals surface area contributed by atoms with Gasteiger partial charge in [0.2, 0.25) is 5.91 Å². The maximum absolute atomic E-state index is 13.0. The molecule has 1 aromatic carbocycles. The molecule has 0 fully saturated rings. The van der Waals surface area contributed by atoms with Crippen molar-refractivity contribution in [2.45, 2.75) is 52.2 Å². The van der Waals surface area contributed by atoms with Crippen molar-refractivity contribution < 1.29 is 9.18 Å². The van der Waals surface area contributed by atoms with E-state index < -0.39 is 5.82 Å². The average Bonchev–Trinajstić information content (AvgIpc) is 2.39. The summed E-state index contributed by atoms with van der Waals surface area (Å²) in [6.07, 6.45) is 0.860. The zero-order chi connectivity index (χ0) is 15.3. The van der Waals surface area contributed by atoms with Gasteiger partial charge in [-0.3, -0.25) is 4.79 Å². The van der Waals surface area contributed by atoms with Crippen molar-refractivity contribution in [1.29, 1.82) is 0 Å². The summed E-state index contributed by atoms with van der Waals surface area (Å²) in [5.74, 6) is -0.490. The fourth-order valence-electron chi connectivity index (χ4n) is 1.54. The van der Waals surface area contributed by atoms with Gasteiger partial charge in [-0.05, 0) is 44.9 Å². The second-order valence-corrected chi connectivity index (χ2v) is 5.98. The highest BCUT2D eigenvalue weighted by Crippen LogP contribution is 2.16. The lowest BCUT2D eigenvalue weighted by atomic mass is 10.0. The van der Waals surface area contributed by atoms with Gasteiger partial charge in [0.15, 0.2) is 0 Å². The number of carbonyl (C=O) groups excluding carboxylic acids is 1. The Morgan fingerprint density at radius 3 is 2.65 bits per heavy atom. The van der Waals surface area contributed by atoms with Crippen molar-refractivity contribution in [3.63, 3.8) is 0 Å². The smallest absolute Gasteiger partial charge is 0.237 e. The first-order valence-electron chi connectivity index (χ1n) is 6.74. The van der Waals surface area contributed by atoms with Gasteiger partial charge in [-0.15, -0.1) is 0 Å². The van der Waals surface area contributed by atoms with E-state index in [-0.39, 0.29) is 22.5 Å². The maximum Gasteiger partial charge on any atom is 0.237 e. The molecule has 5 heteroatoms. The van der Waals surface area contributed by atoms with Gasteiger partial charge in [0.25, 0.3) is 0 Å². The number of amides is 1. The van der Waals surface area contributed by atoms with Crippen molar-refractivity contribution in [3.8, 4) is 0 Å². The van der Waals surface area contributed by atoms with E-state index >= 15 is 0 Å². The zero-order valence-corrected chi connectivity index (χ0v) is 13.1. The number of rotatable bonds is 6. The quantitative estimate of drug-likeness (QED) is 0.846. The standard InChI is InChI=1S/C15H22ClFN2O/c1-5-15(3,4)19-14(20)10(2)18-9-11-6-7-13(17)12(16)8-11/h6-8,10,18H,5,9H2,1-4H3,(H,19,20). The van der Waals surface area contributed by atoms with Crippen LogP contribution < -0.4 is 10.6 Å².